The Labute approximate surface area is 68.0 Å². The maximum absolute atomic E-state index is 11.2. The van der Waals surface area contributed by atoms with Crippen LogP contribution < -0.4 is 5.56 Å². The van der Waals surface area contributed by atoms with E-state index in [4.69, 9.17) is 0 Å². The highest BCUT2D eigenvalue weighted by atomic mass is 16.1. The molecule has 0 unspecified atom stereocenters. The molecule has 1 aliphatic carbocycles. The number of Topliss-reactive ketones (excluding diaryl/α,β-unsaturated/α-hetero) is 1. The molecule has 1 N–H and O–H groups in total. The molecule has 1 aliphatic rings. The number of ketones is 1. The number of nitrogens with zero attached hydrogens (tertiary/aromatic N) is 1. The number of carbonyl (C=O) groups is 1. The third-order valence-corrected chi connectivity index (χ3v) is 1.69. The normalized spacial score (nSPS) is 14.5. The Kier molecular flexibility index (Phi) is 1.40. The van der Waals surface area contributed by atoms with Gasteiger partial charge in [0.2, 0.25) is 0 Å². The van der Waals surface area contributed by atoms with Crippen molar-refractivity contribution in [1.82, 2.24) is 9.97 Å². The fraction of sp³-hybridized carbons (Fsp3) is 0.125. The van der Waals surface area contributed by atoms with Crippen molar-refractivity contribution in [1.29, 1.82) is 0 Å². The number of hydrogen-bond donors (Lipinski definition) is 1. The molecular weight excluding hydrogens is 156 g/mol. The van der Waals surface area contributed by atoms with E-state index in [9.17, 15) is 9.59 Å². The number of rotatable bonds is 0. The van der Waals surface area contributed by atoms with Crippen LogP contribution in [0.15, 0.2) is 10.9 Å². The van der Waals surface area contributed by atoms with E-state index >= 15 is 0 Å². The van der Waals surface area contributed by atoms with Gasteiger partial charge in [0, 0.05) is 6.42 Å². The van der Waals surface area contributed by atoms with Crippen molar-refractivity contribution in [2.24, 2.45) is 0 Å². The van der Waals surface area contributed by atoms with Crippen molar-refractivity contribution in [3.8, 4) is 0 Å². The summed E-state index contributed by atoms with van der Waals surface area (Å²) in [6.07, 6.45) is 5.94. The monoisotopic (exact) mass is 161 g/mol. The maximum atomic E-state index is 11.2. The van der Waals surface area contributed by atoms with Crippen LogP contribution in [0.2, 0.25) is 0 Å². The van der Waals surface area contributed by atoms with Gasteiger partial charge in [0.1, 0.15) is 5.56 Å². The molecule has 1 radical (unpaired) electrons. The lowest BCUT2D eigenvalue weighted by atomic mass is 10.0. The summed E-state index contributed by atoms with van der Waals surface area (Å²) in [6.45, 7) is 0. The molecular formula is C8H5N2O2. The summed E-state index contributed by atoms with van der Waals surface area (Å²) in [7, 11) is 0. The smallest absolute Gasteiger partial charge is 0.262 e. The van der Waals surface area contributed by atoms with Crippen molar-refractivity contribution in [2.45, 2.75) is 6.42 Å². The van der Waals surface area contributed by atoms with E-state index in [-0.39, 0.29) is 17.8 Å². The highest BCUT2D eigenvalue weighted by molar-refractivity contribution is 6.01. The van der Waals surface area contributed by atoms with Crippen LogP contribution in [0.25, 0.3) is 6.08 Å². The van der Waals surface area contributed by atoms with E-state index in [2.05, 4.69) is 16.3 Å². The van der Waals surface area contributed by atoms with Gasteiger partial charge in [-0.2, -0.15) is 0 Å². The molecule has 0 aromatic carbocycles. The van der Waals surface area contributed by atoms with Crippen LogP contribution in [-0.4, -0.2) is 15.8 Å². The zero-order valence-electron chi connectivity index (χ0n) is 6.13. The molecule has 0 fully saturated rings. The highest BCUT2D eigenvalue weighted by Crippen LogP contribution is 2.11. The number of nitrogens with one attached hydrogen (secondary N) is 1. The van der Waals surface area contributed by atoms with Crippen molar-refractivity contribution >= 4 is 11.9 Å². The second kappa shape index (κ2) is 2.41. The second-order valence-corrected chi connectivity index (χ2v) is 2.47. The van der Waals surface area contributed by atoms with Gasteiger partial charge in [0.05, 0.1) is 5.69 Å². The summed E-state index contributed by atoms with van der Waals surface area (Å²) in [4.78, 5) is 28.3. The molecule has 1 aromatic rings. The number of hydrogen-bond acceptors (Lipinski definition) is 3. The predicted octanol–water partition coefficient (Wildman–Crippen LogP) is 0.170. The average molecular weight is 161 g/mol. The standard InChI is InChI=1S/C8H5N2O2/c11-6-3-1-2-5-7(6)8(12)10-4-9-5/h1-2H,3H2,(H,9,10,12). The molecule has 0 aliphatic heterocycles. The van der Waals surface area contributed by atoms with Crippen LogP contribution in [0.5, 0.6) is 0 Å². The van der Waals surface area contributed by atoms with Crippen molar-refractivity contribution in [3.63, 3.8) is 0 Å². The van der Waals surface area contributed by atoms with E-state index in [0.29, 0.717) is 5.69 Å². The molecule has 12 heavy (non-hydrogen) atoms. The van der Waals surface area contributed by atoms with Gasteiger partial charge in [0.15, 0.2) is 12.1 Å². The van der Waals surface area contributed by atoms with Crippen LogP contribution in [0, 0.1) is 6.33 Å². The number of allylic oxidation sites excluding steroid dienone is 1. The maximum Gasteiger partial charge on any atom is 0.262 e. The first kappa shape index (κ1) is 6.97. The van der Waals surface area contributed by atoms with Crippen molar-refractivity contribution in [2.75, 3.05) is 0 Å². The molecule has 59 valence electrons. The molecule has 1 aromatic heterocycles. The third-order valence-electron chi connectivity index (χ3n) is 1.69. The van der Waals surface area contributed by atoms with Gasteiger partial charge in [-0.15, -0.1) is 0 Å². The summed E-state index contributed by atoms with van der Waals surface area (Å²) >= 11 is 0. The Balaban J connectivity index is 2.79. The molecule has 0 saturated carbocycles. The molecule has 0 bridgehead atoms. The van der Waals surface area contributed by atoms with Gasteiger partial charge >= 0.3 is 0 Å². The lowest BCUT2D eigenvalue weighted by Crippen LogP contribution is -2.21. The summed E-state index contributed by atoms with van der Waals surface area (Å²) in [5.41, 5.74) is 0.153. The van der Waals surface area contributed by atoms with Crippen LogP contribution in [0.3, 0.4) is 0 Å². The van der Waals surface area contributed by atoms with Crippen LogP contribution in [-0.2, 0) is 0 Å². The fourth-order valence-electron chi connectivity index (χ4n) is 1.14. The second-order valence-electron chi connectivity index (χ2n) is 2.47. The van der Waals surface area contributed by atoms with E-state index in [1.165, 1.54) is 0 Å². The van der Waals surface area contributed by atoms with E-state index in [0.717, 1.165) is 0 Å². The number of carbonyl (C=O) groups excluding carboxylic acids is 1. The first-order valence-corrected chi connectivity index (χ1v) is 3.49. The van der Waals surface area contributed by atoms with Crippen LogP contribution >= 0.6 is 0 Å². The minimum atomic E-state index is -0.408. The molecule has 4 nitrogen and oxygen atoms in total. The first-order valence-electron chi connectivity index (χ1n) is 3.49. The predicted molar refractivity (Wildman–Crippen MR) is 41.7 cm³/mol. The van der Waals surface area contributed by atoms with E-state index < -0.39 is 5.56 Å². The first-order chi connectivity index (χ1) is 5.79. The highest BCUT2D eigenvalue weighted by Gasteiger charge is 2.17. The van der Waals surface area contributed by atoms with Crippen LogP contribution in [0.1, 0.15) is 22.5 Å². The lowest BCUT2D eigenvalue weighted by molar-refractivity contribution is 0.0992. The number of aromatic nitrogens is 2. The Morgan fingerprint density at radius 3 is 3.08 bits per heavy atom. The Bertz CT molecular complexity index is 417. The largest absolute Gasteiger partial charge is 0.303 e. The summed E-state index contributed by atoms with van der Waals surface area (Å²) in [5, 5.41) is 0. The van der Waals surface area contributed by atoms with Crippen molar-refractivity contribution < 1.29 is 4.79 Å². The SMILES string of the molecule is O=C1CC=Cc2n[c][nH]c(=O)c21. The zero-order valence-corrected chi connectivity index (χ0v) is 6.13. The molecule has 1 heterocycles. The quantitative estimate of drug-likeness (QED) is 0.589. The van der Waals surface area contributed by atoms with Crippen LogP contribution in [0.4, 0.5) is 0 Å². The van der Waals surface area contributed by atoms with Gasteiger partial charge in [-0.1, -0.05) is 6.08 Å². The molecule has 0 amide bonds. The van der Waals surface area contributed by atoms with Gasteiger partial charge in [0.25, 0.3) is 5.56 Å². The molecule has 0 atom stereocenters. The third kappa shape index (κ3) is 0.887. The summed E-state index contributed by atoms with van der Waals surface area (Å²) in [5.74, 6) is -0.185. The number of H-pyrrole nitrogens is 1. The Hall–Kier alpha value is -1.71. The fourth-order valence-corrected chi connectivity index (χ4v) is 1.14. The minimum absolute atomic E-state index is 0.149. The Morgan fingerprint density at radius 1 is 1.50 bits per heavy atom. The van der Waals surface area contributed by atoms with E-state index in [1.54, 1.807) is 12.2 Å². The zero-order chi connectivity index (χ0) is 8.55. The summed E-state index contributed by atoms with van der Waals surface area (Å²) < 4.78 is 0. The lowest BCUT2D eigenvalue weighted by Gasteiger charge is -2.04. The molecule has 2 rings (SSSR count). The van der Waals surface area contributed by atoms with Gasteiger partial charge in [-0.3, -0.25) is 9.59 Å². The van der Waals surface area contributed by atoms with Gasteiger partial charge < -0.3 is 4.98 Å². The van der Waals surface area contributed by atoms with Crippen molar-refractivity contribution in [3.05, 3.63) is 34.0 Å². The summed E-state index contributed by atoms with van der Waals surface area (Å²) in [6, 6.07) is 0. The number of fused-ring (bicyclic) bond motifs is 1. The Morgan fingerprint density at radius 2 is 2.33 bits per heavy atom. The minimum Gasteiger partial charge on any atom is -0.303 e. The molecule has 0 saturated heterocycles. The molecule has 0 spiro atoms. The molecule has 4 heteroatoms. The topological polar surface area (TPSA) is 62.8 Å². The number of aromatic amines is 1. The van der Waals surface area contributed by atoms with Gasteiger partial charge in [-0.25, -0.2) is 4.98 Å². The average Bonchev–Trinajstić information content (AvgIpc) is 2.04. The van der Waals surface area contributed by atoms with E-state index in [1.807, 2.05) is 0 Å². The van der Waals surface area contributed by atoms with Gasteiger partial charge in [-0.05, 0) is 6.08 Å².